The van der Waals surface area contributed by atoms with Gasteiger partial charge in [0.05, 0.1) is 18.1 Å². The van der Waals surface area contributed by atoms with E-state index in [9.17, 15) is 4.79 Å². The molecule has 1 saturated heterocycles. The Labute approximate surface area is 119 Å². The summed E-state index contributed by atoms with van der Waals surface area (Å²) in [7, 11) is 0. The maximum Gasteiger partial charge on any atom is 0.355 e. The number of aromatic nitrogens is 3. The van der Waals surface area contributed by atoms with Crippen LogP contribution in [0, 0.1) is 0 Å². The van der Waals surface area contributed by atoms with Gasteiger partial charge in [0.2, 0.25) is 0 Å². The van der Waals surface area contributed by atoms with Crippen LogP contribution in [0.5, 0.6) is 0 Å². The molecule has 0 amide bonds. The van der Waals surface area contributed by atoms with Gasteiger partial charge in [-0.1, -0.05) is 0 Å². The van der Waals surface area contributed by atoms with Gasteiger partial charge in [-0.05, 0) is 19.3 Å². The number of hydrogen-bond donors (Lipinski definition) is 2. The van der Waals surface area contributed by atoms with Gasteiger partial charge in [0, 0.05) is 12.0 Å². The smallest absolute Gasteiger partial charge is 0.355 e. The summed E-state index contributed by atoms with van der Waals surface area (Å²) < 4.78 is 7.43. The average molecular weight is 294 g/mol. The van der Waals surface area contributed by atoms with Crippen LogP contribution in [0.2, 0.25) is 0 Å². The van der Waals surface area contributed by atoms with Crippen LogP contribution in [-0.2, 0) is 4.74 Å². The van der Waals surface area contributed by atoms with Crippen molar-refractivity contribution in [3.05, 3.63) is 23.5 Å². The fourth-order valence-corrected chi connectivity index (χ4v) is 2.75. The Morgan fingerprint density at radius 2 is 2.45 bits per heavy atom. The molecule has 0 radical (unpaired) electrons. The van der Waals surface area contributed by atoms with E-state index in [1.807, 2.05) is 6.20 Å². The van der Waals surface area contributed by atoms with Crippen LogP contribution in [0.3, 0.4) is 0 Å². The lowest BCUT2D eigenvalue weighted by atomic mass is 10.2. The normalized spacial score (nSPS) is 18.9. The van der Waals surface area contributed by atoms with Crippen molar-refractivity contribution in [2.75, 3.05) is 11.9 Å². The zero-order valence-electron chi connectivity index (χ0n) is 10.7. The van der Waals surface area contributed by atoms with Crippen LogP contribution >= 0.6 is 11.3 Å². The molecule has 1 atom stereocenters. The highest BCUT2D eigenvalue weighted by atomic mass is 32.1. The second-order valence-electron chi connectivity index (χ2n) is 4.50. The number of thiazole rings is 1. The average Bonchev–Trinajstić information content (AvgIpc) is 3.10. The number of nitrogens with one attached hydrogen (secondary N) is 1. The molecule has 2 N–H and O–H groups in total. The van der Waals surface area contributed by atoms with Crippen molar-refractivity contribution >= 4 is 28.1 Å². The van der Waals surface area contributed by atoms with Crippen LogP contribution in [0.4, 0.5) is 10.8 Å². The highest BCUT2D eigenvalue weighted by Gasteiger charge is 2.17. The summed E-state index contributed by atoms with van der Waals surface area (Å²) >= 11 is 1.25. The van der Waals surface area contributed by atoms with E-state index in [0.717, 1.165) is 31.6 Å². The molecule has 3 rings (SSSR count). The zero-order chi connectivity index (χ0) is 13.9. The van der Waals surface area contributed by atoms with E-state index in [2.05, 4.69) is 15.4 Å². The van der Waals surface area contributed by atoms with Crippen LogP contribution in [0.15, 0.2) is 17.8 Å². The third kappa shape index (κ3) is 2.81. The molecule has 2 aromatic heterocycles. The summed E-state index contributed by atoms with van der Waals surface area (Å²) in [6.07, 6.45) is 6.71. The topological polar surface area (TPSA) is 89.3 Å². The highest BCUT2D eigenvalue weighted by molar-refractivity contribution is 7.14. The van der Waals surface area contributed by atoms with Gasteiger partial charge >= 0.3 is 5.97 Å². The van der Waals surface area contributed by atoms with Crippen molar-refractivity contribution in [2.45, 2.75) is 25.5 Å². The van der Waals surface area contributed by atoms with Gasteiger partial charge in [-0.2, -0.15) is 5.10 Å². The van der Waals surface area contributed by atoms with Crippen molar-refractivity contribution < 1.29 is 14.6 Å². The maximum absolute atomic E-state index is 10.8. The number of rotatable bonds is 4. The Bertz CT molecular complexity index is 603. The second-order valence-corrected chi connectivity index (χ2v) is 5.36. The quantitative estimate of drug-likeness (QED) is 0.900. The number of hydrogen-bond acceptors (Lipinski definition) is 6. The third-order valence-corrected chi connectivity index (χ3v) is 3.78. The standard InChI is InChI=1S/C12H14N4O3S/c17-11(18)9-7-20-12(15-9)14-8-5-13-16(6-8)10-3-1-2-4-19-10/h5-7,10H,1-4H2,(H,14,15)(H,17,18). The number of aromatic carboxylic acids is 1. The van der Waals surface area contributed by atoms with Crippen molar-refractivity contribution in [2.24, 2.45) is 0 Å². The fraction of sp³-hybridized carbons (Fsp3) is 0.417. The number of anilines is 2. The Kier molecular flexibility index (Phi) is 3.66. The molecular weight excluding hydrogens is 280 g/mol. The van der Waals surface area contributed by atoms with E-state index < -0.39 is 5.97 Å². The molecule has 0 saturated carbocycles. The Hall–Kier alpha value is -1.93. The molecule has 7 nitrogen and oxygen atoms in total. The van der Waals surface area contributed by atoms with Crippen LogP contribution < -0.4 is 5.32 Å². The summed E-state index contributed by atoms with van der Waals surface area (Å²) in [6.45, 7) is 0.766. The molecule has 3 heterocycles. The van der Waals surface area contributed by atoms with E-state index in [-0.39, 0.29) is 11.9 Å². The van der Waals surface area contributed by atoms with Crippen molar-refractivity contribution in [3.63, 3.8) is 0 Å². The maximum atomic E-state index is 10.8. The Balaban J connectivity index is 1.68. The first-order chi connectivity index (χ1) is 9.72. The first kappa shape index (κ1) is 13.1. The van der Waals surface area contributed by atoms with Crippen LogP contribution in [-0.4, -0.2) is 32.4 Å². The number of carboxylic acid groups (broad SMARTS) is 1. The van der Waals surface area contributed by atoms with Gasteiger partial charge in [0.15, 0.2) is 10.8 Å². The van der Waals surface area contributed by atoms with Crippen molar-refractivity contribution in [1.82, 2.24) is 14.8 Å². The molecule has 0 bridgehead atoms. The second kappa shape index (κ2) is 5.59. The minimum absolute atomic E-state index is 0.00910. The number of carboxylic acids is 1. The number of nitrogens with zero attached hydrogens (tertiary/aromatic N) is 3. The molecule has 1 aliphatic heterocycles. The van der Waals surface area contributed by atoms with Crippen LogP contribution in [0.25, 0.3) is 0 Å². The fourth-order valence-electron chi connectivity index (χ4n) is 2.05. The van der Waals surface area contributed by atoms with E-state index in [0.29, 0.717) is 5.13 Å². The minimum Gasteiger partial charge on any atom is -0.476 e. The lowest BCUT2D eigenvalue weighted by Gasteiger charge is -2.22. The zero-order valence-corrected chi connectivity index (χ0v) is 11.5. The molecule has 1 aliphatic rings. The Morgan fingerprint density at radius 1 is 1.55 bits per heavy atom. The molecule has 0 aliphatic carbocycles. The van der Waals surface area contributed by atoms with Gasteiger partial charge in [0.1, 0.15) is 6.23 Å². The number of ether oxygens (including phenoxy) is 1. The monoisotopic (exact) mass is 294 g/mol. The molecule has 2 aromatic rings. The summed E-state index contributed by atoms with van der Waals surface area (Å²) in [5.74, 6) is -1.03. The lowest BCUT2D eigenvalue weighted by Crippen LogP contribution is -2.18. The molecule has 0 aromatic carbocycles. The van der Waals surface area contributed by atoms with E-state index >= 15 is 0 Å². The summed E-state index contributed by atoms with van der Waals surface area (Å²) in [4.78, 5) is 14.7. The van der Waals surface area contributed by atoms with Gasteiger partial charge < -0.3 is 15.2 Å². The Morgan fingerprint density at radius 3 is 3.15 bits per heavy atom. The van der Waals surface area contributed by atoms with E-state index in [4.69, 9.17) is 9.84 Å². The first-order valence-corrected chi connectivity index (χ1v) is 7.22. The van der Waals surface area contributed by atoms with Gasteiger partial charge in [-0.3, -0.25) is 0 Å². The molecule has 8 heteroatoms. The lowest BCUT2D eigenvalue weighted by molar-refractivity contribution is -0.0394. The molecule has 106 valence electrons. The number of carbonyl (C=O) groups is 1. The van der Waals surface area contributed by atoms with Gasteiger partial charge in [-0.15, -0.1) is 11.3 Å². The summed E-state index contributed by atoms with van der Waals surface area (Å²) in [5, 5.41) is 18.2. The first-order valence-electron chi connectivity index (χ1n) is 6.34. The van der Waals surface area contributed by atoms with Crippen molar-refractivity contribution in [3.8, 4) is 0 Å². The summed E-state index contributed by atoms with van der Waals surface area (Å²) in [6, 6.07) is 0. The van der Waals surface area contributed by atoms with E-state index in [1.54, 1.807) is 10.9 Å². The minimum atomic E-state index is -1.03. The molecule has 1 fully saturated rings. The van der Waals surface area contributed by atoms with E-state index in [1.165, 1.54) is 16.7 Å². The van der Waals surface area contributed by atoms with Crippen LogP contribution in [0.1, 0.15) is 36.0 Å². The molecular formula is C12H14N4O3S. The molecule has 0 spiro atoms. The largest absolute Gasteiger partial charge is 0.476 e. The molecule has 1 unspecified atom stereocenters. The predicted octanol–water partition coefficient (Wildman–Crippen LogP) is 2.48. The third-order valence-electron chi connectivity index (χ3n) is 3.03. The predicted molar refractivity (Wildman–Crippen MR) is 73.4 cm³/mol. The van der Waals surface area contributed by atoms with Gasteiger partial charge in [0.25, 0.3) is 0 Å². The summed E-state index contributed by atoms with van der Waals surface area (Å²) in [5.41, 5.74) is 0.811. The van der Waals surface area contributed by atoms with Gasteiger partial charge in [-0.25, -0.2) is 14.5 Å². The van der Waals surface area contributed by atoms with Crippen molar-refractivity contribution in [1.29, 1.82) is 0 Å². The highest BCUT2D eigenvalue weighted by Crippen LogP contribution is 2.25. The SMILES string of the molecule is O=C(O)c1csc(Nc2cnn(C3CCCCO3)c2)n1. The molecule has 20 heavy (non-hydrogen) atoms.